The van der Waals surface area contributed by atoms with Crippen molar-refractivity contribution >= 4 is 46.9 Å². The lowest BCUT2D eigenvalue weighted by Gasteiger charge is -2.04. The highest BCUT2D eigenvalue weighted by atomic mass is 35.7. The van der Waals surface area contributed by atoms with Gasteiger partial charge in [-0.1, -0.05) is 11.6 Å². The van der Waals surface area contributed by atoms with Crippen molar-refractivity contribution in [3.63, 3.8) is 0 Å². The lowest BCUT2D eigenvalue weighted by molar-refractivity contribution is -0.387. The highest BCUT2D eigenvalue weighted by Crippen LogP contribution is 2.28. The van der Waals surface area contributed by atoms with E-state index in [-0.39, 0.29) is 5.02 Å². The van der Waals surface area contributed by atoms with Gasteiger partial charge in [0.2, 0.25) is 9.05 Å². The second-order valence-electron chi connectivity index (χ2n) is 3.43. The van der Waals surface area contributed by atoms with Gasteiger partial charge in [-0.25, -0.2) is 16.8 Å². The van der Waals surface area contributed by atoms with E-state index in [9.17, 15) is 26.9 Å². The first-order valence-corrected chi connectivity index (χ1v) is 9.13. The molecule has 0 spiro atoms. The summed E-state index contributed by atoms with van der Waals surface area (Å²) in [6, 6.07) is 3.00. The average molecular weight is 348 g/mol. The van der Waals surface area contributed by atoms with E-state index in [1.54, 1.807) is 0 Å². The minimum atomic E-state index is -4.18. The largest absolute Gasteiger partial charge is 0.288 e. The Morgan fingerprint density at radius 3 is 2.21 bits per heavy atom. The summed E-state index contributed by atoms with van der Waals surface area (Å²) in [5, 5.41) is 10.7. The second kappa shape index (κ2) is 5.61. The third-order valence-electron chi connectivity index (χ3n) is 2.05. The van der Waals surface area contributed by atoms with Crippen LogP contribution in [0.2, 0.25) is 5.02 Å². The molecular formula is C8H7Cl2NO6S2. The third-order valence-corrected chi connectivity index (χ3v) is 5.44. The van der Waals surface area contributed by atoms with Crippen molar-refractivity contribution in [3.8, 4) is 0 Å². The predicted molar refractivity (Wildman–Crippen MR) is 69.8 cm³/mol. The fourth-order valence-corrected chi connectivity index (χ4v) is 4.67. The zero-order valence-corrected chi connectivity index (χ0v) is 12.3. The molecule has 0 aromatic heterocycles. The highest BCUT2D eigenvalue weighted by Gasteiger charge is 2.27. The van der Waals surface area contributed by atoms with Gasteiger partial charge in [-0.2, -0.15) is 0 Å². The van der Waals surface area contributed by atoms with E-state index in [1.165, 1.54) is 0 Å². The number of nitro groups is 1. The molecule has 1 rings (SSSR count). The van der Waals surface area contributed by atoms with Crippen molar-refractivity contribution in [2.45, 2.75) is 4.90 Å². The van der Waals surface area contributed by atoms with Gasteiger partial charge in [0.1, 0.15) is 4.90 Å². The van der Waals surface area contributed by atoms with E-state index in [2.05, 4.69) is 0 Å². The van der Waals surface area contributed by atoms with Crippen molar-refractivity contribution in [2.24, 2.45) is 0 Å². The van der Waals surface area contributed by atoms with Crippen LogP contribution in [-0.4, -0.2) is 33.3 Å². The van der Waals surface area contributed by atoms with E-state index >= 15 is 0 Å². The van der Waals surface area contributed by atoms with Crippen molar-refractivity contribution in [1.82, 2.24) is 0 Å². The van der Waals surface area contributed by atoms with Crippen LogP contribution in [0.25, 0.3) is 0 Å². The smallest absolute Gasteiger partial charge is 0.258 e. The van der Waals surface area contributed by atoms with Gasteiger partial charge in [-0.05, 0) is 12.1 Å². The molecule has 0 aliphatic carbocycles. The maximum absolute atomic E-state index is 11.9. The average Bonchev–Trinajstić information content (AvgIpc) is 2.25. The van der Waals surface area contributed by atoms with Gasteiger partial charge in [0, 0.05) is 21.8 Å². The molecule has 0 saturated carbocycles. The number of nitrogens with zero attached hydrogens (tertiary/aromatic N) is 1. The Morgan fingerprint density at radius 1 is 1.16 bits per heavy atom. The molecule has 11 heteroatoms. The van der Waals surface area contributed by atoms with E-state index in [0.29, 0.717) is 0 Å². The number of sulfone groups is 1. The SMILES string of the molecule is O=[N+]([O-])c1ccc(Cl)cc1S(=O)(=O)CCS(=O)(=O)Cl. The van der Waals surface area contributed by atoms with Crippen LogP contribution in [0.5, 0.6) is 0 Å². The molecule has 0 aliphatic heterocycles. The minimum Gasteiger partial charge on any atom is -0.258 e. The van der Waals surface area contributed by atoms with E-state index in [1.807, 2.05) is 0 Å². The lowest BCUT2D eigenvalue weighted by atomic mass is 10.3. The molecular weight excluding hydrogens is 341 g/mol. The normalized spacial score (nSPS) is 12.3. The molecule has 1 aromatic carbocycles. The summed E-state index contributed by atoms with van der Waals surface area (Å²) in [4.78, 5) is 9.21. The molecule has 0 amide bonds. The number of rotatable bonds is 5. The standard InChI is InChI=1S/C8H7Cl2NO6S2/c9-6-1-2-7(11(12)13)8(5-6)18(14,15)3-4-19(10,16)17/h1-2,5H,3-4H2. The first-order valence-electron chi connectivity index (χ1n) is 4.62. The van der Waals surface area contributed by atoms with Gasteiger partial charge < -0.3 is 0 Å². The fourth-order valence-electron chi connectivity index (χ4n) is 1.21. The summed E-state index contributed by atoms with van der Waals surface area (Å²) in [5.41, 5.74) is -0.670. The summed E-state index contributed by atoms with van der Waals surface area (Å²) in [7, 11) is -3.29. The van der Waals surface area contributed by atoms with Crippen LogP contribution >= 0.6 is 22.3 Å². The first kappa shape index (κ1) is 16.2. The number of halogens is 2. The summed E-state index contributed by atoms with van der Waals surface area (Å²) in [6.07, 6.45) is 0. The Hall–Kier alpha value is -0.900. The number of hydrogen-bond acceptors (Lipinski definition) is 6. The van der Waals surface area contributed by atoms with E-state index < -0.39 is 45.9 Å². The highest BCUT2D eigenvalue weighted by molar-refractivity contribution is 8.14. The van der Waals surface area contributed by atoms with Crippen LogP contribution < -0.4 is 0 Å². The maximum atomic E-state index is 11.9. The summed E-state index contributed by atoms with van der Waals surface area (Å²) in [5.74, 6) is -1.71. The molecule has 0 N–H and O–H groups in total. The van der Waals surface area contributed by atoms with Gasteiger partial charge in [-0.15, -0.1) is 0 Å². The minimum absolute atomic E-state index is 0.0158. The third kappa shape index (κ3) is 4.60. The Kier molecular flexibility index (Phi) is 4.77. The molecule has 0 bridgehead atoms. The molecule has 0 fully saturated rings. The Bertz CT molecular complexity index is 713. The van der Waals surface area contributed by atoms with Crippen LogP contribution in [0.3, 0.4) is 0 Å². The van der Waals surface area contributed by atoms with Gasteiger partial charge in [0.25, 0.3) is 5.69 Å². The van der Waals surface area contributed by atoms with Crippen LogP contribution in [0, 0.1) is 10.1 Å². The maximum Gasteiger partial charge on any atom is 0.288 e. The molecule has 1 aromatic rings. The second-order valence-corrected chi connectivity index (χ2v) is 8.84. The van der Waals surface area contributed by atoms with Gasteiger partial charge in [-0.3, -0.25) is 10.1 Å². The molecule has 0 aliphatic rings. The Morgan fingerprint density at radius 2 is 1.74 bits per heavy atom. The Labute approximate surface area is 118 Å². The number of nitro benzene ring substituents is 1. The topological polar surface area (TPSA) is 111 Å². The fraction of sp³-hybridized carbons (Fsp3) is 0.250. The molecule has 0 saturated heterocycles. The first-order chi connectivity index (χ1) is 8.53. The van der Waals surface area contributed by atoms with Gasteiger partial charge >= 0.3 is 0 Å². The van der Waals surface area contributed by atoms with Gasteiger partial charge in [0.05, 0.1) is 16.4 Å². The molecule has 0 atom stereocenters. The lowest BCUT2D eigenvalue weighted by Crippen LogP contribution is -2.15. The summed E-state index contributed by atoms with van der Waals surface area (Å²) < 4.78 is 45.2. The molecule has 19 heavy (non-hydrogen) atoms. The van der Waals surface area contributed by atoms with Crippen molar-refractivity contribution in [2.75, 3.05) is 11.5 Å². The van der Waals surface area contributed by atoms with Crippen LogP contribution in [0.1, 0.15) is 0 Å². The molecule has 7 nitrogen and oxygen atoms in total. The monoisotopic (exact) mass is 347 g/mol. The molecule has 0 heterocycles. The van der Waals surface area contributed by atoms with Crippen molar-refractivity contribution < 1.29 is 21.8 Å². The van der Waals surface area contributed by atoms with E-state index in [0.717, 1.165) is 18.2 Å². The molecule has 0 radical (unpaired) electrons. The molecule has 106 valence electrons. The zero-order valence-electron chi connectivity index (χ0n) is 9.12. The number of hydrogen-bond donors (Lipinski definition) is 0. The number of benzene rings is 1. The Balaban J connectivity index is 3.28. The van der Waals surface area contributed by atoms with E-state index in [4.69, 9.17) is 22.3 Å². The van der Waals surface area contributed by atoms with Crippen LogP contribution in [-0.2, 0) is 18.9 Å². The summed E-state index contributed by atoms with van der Waals surface area (Å²) in [6.45, 7) is 0. The zero-order chi connectivity index (χ0) is 14.8. The quantitative estimate of drug-likeness (QED) is 0.454. The van der Waals surface area contributed by atoms with Crippen LogP contribution in [0.4, 0.5) is 5.69 Å². The molecule has 0 unspecified atom stereocenters. The predicted octanol–water partition coefficient (Wildman–Crippen LogP) is 1.59. The van der Waals surface area contributed by atoms with Gasteiger partial charge in [0.15, 0.2) is 9.84 Å². The summed E-state index contributed by atoms with van der Waals surface area (Å²) >= 11 is 5.59. The van der Waals surface area contributed by atoms with Crippen molar-refractivity contribution in [1.29, 1.82) is 0 Å². The van der Waals surface area contributed by atoms with Crippen LogP contribution in [0.15, 0.2) is 23.1 Å². The van der Waals surface area contributed by atoms with Crippen molar-refractivity contribution in [3.05, 3.63) is 33.3 Å².